The zero-order valence-electron chi connectivity index (χ0n) is 7.96. The van der Waals surface area contributed by atoms with Gasteiger partial charge in [-0.05, 0) is 24.3 Å². The lowest BCUT2D eigenvalue weighted by Crippen LogP contribution is -2.33. The molecule has 3 rings (SSSR count). The van der Waals surface area contributed by atoms with E-state index >= 15 is 0 Å². The maximum absolute atomic E-state index is 11.3. The Morgan fingerprint density at radius 1 is 1.33 bits per heavy atom. The van der Waals surface area contributed by atoms with E-state index in [1.165, 1.54) is 0 Å². The van der Waals surface area contributed by atoms with Gasteiger partial charge in [-0.25, -0.2) is 0 Å². The summed E-state index contributed by atoms with van der Waals surface area (Å²) in [4.78, 5) is 11.3. The summed E-state index contributed by atoms with van der Waals surface area (Å²) in [6, 6.07) is 7.80. The van der Waals surface area contributed by atoms with Gasteiger partial charge < -0.3 is 9.88 Å². The molecule has 4 heteroatoms. The lowest BCUT2D eigenvalue weighted by Gasteiger charge is -2.16. The molecule has 0 saturated heterocycles. The molecule has 0 atom stereocenters. The van der Waals surface area contributed by atoms with Crippen molar-refractivity contribution in [2.75, 3.05) is 0 Å². The third kappa shape index (κ3) is 1.31. The zero-order valence-corrected chi connectivity index (χ0v) is 8.71. The third-order valence-corrected chi connectivity index (χ3v) is 2.95. The van der Waals surface area contributed by atoms with Crippen LogP contribution in [0.4, 0.5) is 0 Å². The van der Waals surface area contributed by atoms with Crippen LogP contribution in [0, 0.1) is 0 Å². The Morgan fingerprint density at radius 2 is 2.20 bits per heavy atom. The molecule has 1 aromatic heterocycles. The molecule has 0 fully saturated rings. The topological polar surface area (TPSA) is 34.0 Å². The lowest BCUT2D eigenvalue weighted by molar-refractivity contribution is -0.122. The van der Waals surface area contributed by atoms with E-state index in [1.807, 2.05) is 22.8 Å². The van der Waals surface area contributed by atoms with E-state index in [4.69, 9.17) is 11.6 Å². The Labute approximate surface area is 91.6 Å². The van der Waals surface area contributed by atoms with E-state index in [9.17, 15) is 4.79 Å². The standard InChI is InChI=1S/C11H9ClN2O/c12-8-1-2-10-7(3-8)4-9-5-13-11(15)6-14(9)10/h1-4H,5-6H2,(H,13,15). The Hall–Kier alpha value is -1.48. The number of nitrogens with one attached hydrogen (secondary N) is 1. The number of amides is 1. The summed E-state index contributed by atoms with van der Waals surface area (Å²) in [5, 5.41) is 4.64. The van der Waals surface area contributed by atoms with Crippen molar-refractivity contribution in [1.29, 1.82) is 0 Å². The molecule has 1 aromatic carbocycles. The number of fused-ring (bicyclic) bond motifs is 3. The van der Waals surface area contributed by atoms with Crippen molar-refractivity contribution in [2.45, 2.75) is 13.1 Å². The van der Waals surface area contributed by atoms with E-state index in [0.29, 0.717) is 13.1 Å². The van der Waals surface area contributed by atoms with Crippen LogP contribution in [0.2, 0.25) is 5.02 Å². The first kappa shape index (κ1) is 8.80. The van der Waals surface area contributed by atoms with Crippen molar-refractivity contribution in [3.05, 3.63) is 35.0 Å². The molecular weight excluding hydrogens is 212 g/mol. The van der Waals surface area contributed by atoms with Crippen molar-refractivity contribution >= 4 is 28.4 Å². The van der Waals surface area contributed by atoms with Crippen LogP contribution in [-0.4, -0.2) is 10.5 Å². The summed E-state index contributed by atoms with van der Waals surface area (Å²) < 4.78 is 2.03. The van der Waals surface area contributed by atoms with Crippen molar-refractivity contribution in [1.82, 2.24) is 9.88 Å². The lowest BCUT2D eigenvalue weighted by atomic mass is 10.2. The fourth-order valence-electron chi connectivity index (χ4n) is 2.02. The largest absolute Gasteiger partial charge is 0.349 e. The first-order valence-corrected chi connectivity index (χ1v) is 5.16. The molecule has 1 aliphatic heterocycles. The molecule has 3 nitrogen and oxygen atoms in total. The zero-order chi connectivity index (χ0) is 10.4. The highest BCUT2D eigenvalue weighted by atomic mass is 35.5. The molecule has 0 bridgehead atoms. The van der Waals surface area contributed by atoms with Gasteiger partial charge in [-0.1, -0.05) is 11.6 Å². The number of carbonyl (C=O) groups is 1. The van der Waals surface area contributed by atoms with E-state index in [1.54, 1.807) is 0 Å². The molecule has 0 aliphatic carbocycles. The molecule has 2 heterocycles. The van der Waals surface area contributed by atoms with Crippen LogP contribution in [0.3, 0.4) is 0 Å². The number of hydrogen-bond acceptors (Lipinski definition) is 1. The fourth-order valence-corrected chi connectivity index (χ4v) is 2.20. The van der Waals surface area contributed by atoms with Gasteiger partial charge in [0.2, 0.25) is 5.91 Å². The minimum atomic E-state index is 0.0648. The van der Waals surface area contributed by atoms with Crippen molar-refractivity contribution in [3.63, 3.8) is 0 Å². The Balaban J connectivity index is 2.28. The van der Waals surface area contributed by atoms with Gasteiger partial charge in [-0.15, -0.1) is 0 Å². The second-order valence-corrected chi connectivity index (χ2v) is 4.14. The summed E-state index contributed by atoms with van der Waals surface area (Å²) >= 11 is 5.92. The molecule has 76 valence electrons. The summed E-state index contributed by atoms with van der Waals surface area (Å²) in [6.45, 7) is 1.01. The smallest absolute Gasteiger partial charge is 0.240 e. The van der Waals surface area contributed by atoms with E-state index < -0.39 is 0 Å². The summed E-state index contributed by atoms with van der Waals surface area (Å²) in [6.07, 6.45) is 0. The SMILES string of the molecule is O=C1Cn2c(cc3cc(Cl)ccc32)CN1. The molecule has 1 aliphatic rings. The first-order chi connectivity index (χ1) is 7.24. The molecule has 15 heavy (non-hydrogen) atoms. The number of halogens is 1. The van der Waals surface area contributed by atoms with Crippen LogP contribution in [0.15, 0.2) is 24.3 Å². The molecule has 1 amide bonds. The van der Waals surface area contributed by atoms with Gasteiger partial charge in [0.25, 0.3) is 0 Å². The van der Waals surface area contributed by atoms with E-state index in [-0.39, 0.29) is 5.91 Å². The number of benzene rings is 1. The van der Waals surface area contributed by atoms with Crippen molar-refractivity contribution in [3.8, 4) is 0 Å². The Kier molecular flexibility index (Phi) is 1.76. The van der Waals surface area contributed by atoms with E-state index in [2.05, 4.69) is 11.4 Å². The van der Waals surface area contributed by atoms with Gasteiger partial charge >= 0.3 is 0 Å². The van der Waals surface area contributed by atoms with Gasteiger partial charge in [-0.3, -0.25) is 4.79 Å². The average molecular weight is 221 g/mol. The van der Waals surface area contributed by atoms with Crippen molar-refractivity contribution in [2.24, 2.45) is 0 Å². The number of carbonyl (C=O) groups excluding carboxylic acids is 1. The minimum Gasteiger partial charge on any atom is -0.349 e. The quantitative estimate of drug-likeness (QED) is 0.723. The molecule has 0 spiro atoms. The molecule has 0 saturated carbocycles. The maximum Gasteiger partial charge on any atom is 0.240 e. The molecule has 1 N–H and O–H groups in total. The van der Waals surface area contributed by atoms with Crippen LogP contribution in [0.25, 0.3) is 10.9 Å². The molecule has 0 radical (unpaired) electrons. The van der Waals surface area contributed by atoms with E-state index in [0.717, 1.165) is 21.6 Å². The monoisotopic (exact) mass is 220 g/mol. The Morgan fingerprint density at radius 3 is 3.07 bits per heavy atom. The molecule has 0 unspecified atom stereocenters. The fraction of sp³-hybridized carbons (Fsp3) is 0.182. The summed E-state index contributed by atoms with van der Waals surface area (Å²) in [5.41, 5.74) is 2.20. The third-order valence-electron chi connectivity index (χ3n) is 2.72. The van der Waals surface area contributed by atoms with Gasteiger partial charge in [0.05, 0.1) is 6.54 Å². The number of nitrogens with zero attached hydrogens (tertiary/aromatic N) is 1. The van der Waals surface area contributed by atoms with Crippen molar-refractivity contribution < 1.29 is 4.79 Å². The predicted molar refractivity (Wildman–Crippen MR) is 58.8 cm³/mol. The van der Waals surface area contributed by atoms with Gasteiger partial charge in [0.1, 0.15) is 6.54 Å². The highest BCUT2D eigenvalue weighted by Gasteiger charge is 2.16. The second kappa shape index (κ2) is 3.00. The molecular formula is C11H9ClN2O. The second-order valence-electron chi connectivity index (χ2n) is 3.70. The first-order valence-electron chi connectivity index (χ1n) is 4.78. The Bertz CT molecular complexity index is 559. The highest BCUT2D eigenvalue weighted by Crippen LogP contribution is 2.24. The average Bonchev–Trinajstić information content (AvgIpc) is 2.54. The molecule has 2 aromatic rings. The number of hydrogen-bond donors (Lipinski definition) is 1. The van der Waals surface area contributed by atoms with Crippen LogP contribution in [0.1, 0.15) is 5.69 Å². The van der Waals surface area contributed by atoms with Gasteiger partial charge in [0, 0.05) is 21.6 Å². The van der Waals surface area contributed by atoms with Crippen LogP contribution in [-0.2, 0) is 17.9 Å². The van der Waals surface area contributed by atoms with Crippen LogP contribution < -0.4 is 5.32 Å². The van der Waals surface area contributed by atoms with Gasteiger partial charge in [0.15, 0.2) is 0 Å². The normalized spacial score (nSPS) is 15.1. The van der Waals surface area contributed by atoms with Crippen LogP contribution >= 0.6 is 11.6 Å². The summed E-state index contributed by atoms with van der Waals surface area (Å²) in [7, 11) is 0. The van der Waals surface area contributed by atoms with Gasteiger partial charge in [-0.2, -0.15) is 0 Å². The van der Waals surface area contributed by atoms with Crippen LogP contribution in [0.5, 0.6) is 0 Å². The minimum absolute atomic E-state index is 0.0648. The maximum atomic E-state index is 11.3. The number of rotatable bonds is 0. The number of aromatic nitrogens is 1. The highest BCUT2D eigenvalue weighted by molar-refractivity contribution is 6.31. The summed E-state index contributed by atoms with van der Waals surface area (Å²) in [5.74, 6) is 0.0648. The predicted octanol–water partition coefficient (Wildman–Crippen LogP) is 1.92.